The number of rotatable bonds is 18. The zero-order chi connectivity index (χ0) is 40.1. The van der Waals surface area contributed by atoms with Gasteiger partial charge in [0.25, 0.3) is 0 Å². The molecule has 1 aliphatic heterocycles. The van der Waals surface area contributed by atoms with Gasteiger partial charge in [-0.15, -0.1) is 0 Å². The molecule has 1 saturated heterocycles. The standard InChI is InChI=1S/C49H48O9/c1-34(50)43-41(54-29-36-19-9-3-10-20-36)27-40(51)44(45(43)52)47-49(57-32-39-25-15-6-16-26-39)48(56-31-38-23-13-5-14-24-38)46(55-30-37-21-11-4-12-22-37)42(58-47)33-53-28-35-17-7-2-8-18-35/h2-27,42,46-49,51-52H,28-33H2,1H3/t42-,46-,47+,48+,49+/m1/s1. The van der Waals surface area contributed by atoms with Gasteiger partial charge in [0, 0.05) is 6.07 Å². The maximum Gasteiger partial charge on any atom is 0.167 e. The van der Waals surface area contributed by atoms with Crippen LogP contribution in [0.3, 0.4) is 0 Å². The molecule has 5 atom stereocenters. The molecule has 58 heavy (non-hydrogen) atoms. The minimum Gasteiger partial charge on any atom is -0.507 e. The van der Waals surface area contributed by atoms with E-state index in [1.54, 1.807) is 0 Å². The van der Waals surface area contributed by atoms with Crippen molar-refractivity contribution >= 4 is 5.78 Å². The first kappa shape index (κ1) is 40.4. The lowest BCUT2D eigenvalue weighted by Gasteiger charge is -2.46. The number of ether oxygens (including phenoxy) is 6. The largest absolute Gasteiger partial charge is 0.507 e. The molecule has 1 aliphatic rings. The number of phenolic OH excluding ortho intramolecular Hbond substituents is 2. The molecule has 0 amide bonds. The number of hydrogen-bond acceptors (Lipinski definition) is 9. The summed E-state index contributed by atoms with van der Waals surface area (Å²) in [5, 5.41) is 24.0. The Labute approximate surface area is 339 Å². The van der Waals surface area contributed by atoms with Crippen LogP contribution in [0.25, 0.3) is 0 Å². The molecule has 0 bridgehead atoms. The van der Waals surface area contributed by atoms with Crippen LogP contribution in [0.15, 0.2) is 158 Å². The SMILES string of the molecule is CC(=O)c1c(OCc2ccccc2)cc(O)c([C@@H]2O[C@H](COCc3ccccc3)[C@@H](OCc3ccccc3)[C@H](OCc3ccccc3)[C@H]2OCc2ccccc2)c1O. The summed E-state index contributed by atoms with van der Waals surface area (Å²) < 4.78 is 39.7. The monoisotopic (exact) mass is 780 g/mol. The second-order valence-electron chi connectivity index (χ2n) is 14.2. The number of Topliss-reactive ketones (excluding diaryl/α,β-unsaturated/α-hetero) is 1. The quantitative estimate of drug-likeness (QED) is 0.0825. The highest BCUT2D eigenvalue weighted by atomic mass is 16.6. The van der Waals surface area contributed by atoms with Crippen LogP contribution >= 0.6 is 0 Å². The van der Waals surface area contributed by atoms with Crippen molar-refractivity contribution in [2.24, 2.45) is 0 Å². The predicted octanol–water partition coefficient (Wildman–Crippen LogP) is 9.29. The Bertz CT molecular complexity index is 2170. The number of carbonyl (C=O) groups is 1. The van der Waals surface area contributed by atoms with Crippen molar-refractivity contribution in [3.8, 4) is 17.2 Å². The Balaban J connectivity index is 1.30. The summed E-state index contributed by atoms with van der Waals surface area (Å²) in [7, 11) is 0. The lowest BCUT2D eigenvalue weighted by Crippen LogP contribution is -2.58. The van der Waals surface area contributed by atoms with Crippen molar-refractivity contribution in [2.45, 2.75) is 70.5 Å². The zero-order valence-corrected chi connectivity index (χ0v) is 32.4. The van der Waals surface area contributed by atoms with E-state index in [9.17, 15) is 15.0 Å². The molecule has 0 spiro atoms. The summed E-state index contributed by atoms with van der Waals surface area (Å²) >= 11 is 0. The molecule has 7 rings (SSSR count). The summed E-state index contributed by atoms with van der Waals surface area (Å²) in [6.45, 7) is 2.42. The van der Waals surface area contributed by atoms with Crippen molar-refractivity contribution in [1.29, 1.82) is 0 Å². The third-order valence-electron chi connectivity index (χ3n) is 10.0. The van der Waals surface area contributed by atoms with Gasteiger partial charge in [-0.05, 0) is 34.7 Å². The van der Waals surface area contributed by atoms with Crippen LogP contribution in [0, 0.1) is 0 Å². The Morgan fingerprint density at radius 2 is 0.966 bits per heavy atom. The van der Waals surface area contributed by atoms with E-state index in [-0.39, 0.29) is 55.7 Å². The average molecular weight is 781 g/mol. The fourth-order valence-corrected chi connectivity index (χ4v) is 7.14. The van der Waals surface area contributed by atoms with E-state index in [0.717, 1.165) is 27.8 Å². The van der Waals surface area contributed by atoms with E-state index in [0.29, 0.717) is 6.61 Å². The van der Waals surface area contributed by atoms with Gasteiger partial charge in [-0.1, -0.05) is 152 Å². The summed E-state index contributed by atoms with van der Waals surface area (Å²) in [6.07, 6.45) is -4.49. The second kappa shape index (κ2) is 20.1. The smallest absolute Gasteiger partial charge is 0.167 e. The fourth-order valence-electron chi connectivity index (χ4n) is 7.14. The highest BCUT2D eigenvalue weighted by molar-refractivity contribution is 6.00. The number of phenols is 2. The first-order chi connectivity index (χ1) is 28.4. The minimum atomic E-state index is -1.16. The maximum atomic E-state index is 13.3. The van der Waals surface area contributed by atoms with Crippen LogP contribution in [0.2, 0.25) is 0 Å². The Kier molecular flexibility index (Phi) is 14.0. The zero-order valence-electron chi connectivity index (χ0n) is 32.4. The molecule has 1 fully saturated rings. The third-order valence-corrected chi connectivity index (χ3v) is 10.0. The van der Waals surface area contributed by atoms with Gasteiger partial charge in [-0.2, -0.15) is 0 Å². The van der Waals surface area contributed by atoms with Crippen molar-refractivity contribution in [2.75, 3.05) is 6.61 Å². The molecule has 6 aromatic carbocycles. The van der Waals surface area contributed by atoms with Gasteiger partial charge < -0.3 is 38.6 Å². The fraction of sp³-hybridized carbons (Fsp3) is 0.245. The topological polar surface area (TPSA) is 113 Å². The van der Waals surface area contributed by atoms with Crippen LogP contribution in [-0.4, -0.2) is 47.0 Å². The van der Waals surface area contributed by atoms with Gasteiger partial charge in [0.15, 0.2) is 5.78 Å². The van der Waals surface area contributed by atoms with Gasteiger partial charge in [-0.3, -0.25) is 4.79 Å². The summed E-state index contributed by atoms with van der Waals surface area (Å²) in [6, 6.07) is 49.9. The minimum absolute atomic E-state index is 0.0294. The lowest BCUT2D eigenvalue weighted by molar-refractivity contribution is -0.275. The number of hydrogen-bond donors (Lipinski definition) is 2. The molecule has 0 saturated carbocycles. The summed E-state index contributed by atoms with van der Waals surface area (Å²) in [4.78, 5) is 13.3. The number of aromatic hydroxyl groups is 2. The molecule has 9 nitrogen and oxygen atoms in total. The van der Waals surface area contributed by atoms with E-state index in [1.165, 1.54) is 13.0 Å². The Morgan fingerprint density at radius 1 is 0.552 bits per heavy atom. The molecular weight excluding hydrogens is 733 g/mol. The summed E-state index contributed by atoms with van der Waals surface area (Å²) in [5.41, 5.74) is 4.47. The molecule has 9 heteroatoms. The van der Waals surface area contributed by atoms with E-state index in [2.05, 4.69) is 0 Å². The van der Waals surface area contributed by atoms with Gasteiger partial charge >= 0.3 is 0 Å². The van der Waals surface area contributed by atoms with E-state index in [1.807, 2.05) is 152 Å². The van der Waals surface area contributed by atoms with Crippen molar-refractivity contribution in [1.82, 2.24) is 0 Å². The molecule has 0 aliphatic carbocycles. The molecular formula is C49H48O9. The number of benzene rings is 6. The molecule has 6 aromatic rings. The van der Waals surface area contributed by atoms with E-state index >= 15 is 0 Å². The van der Waals surface area contributed by atoms with Crippen LogP contribution in [0.1, 0.15) is 56.8 Å². The maximum absolute atomic E-state index is 13.3. The predicted molar refractivity (Wildman–Crippen MR) is 219 cm³/mol. The van der Waals surface area contributed by atoms with Crippen molar-refractivity contribution < 1.29 is 43.4 Å². The van der Waals surface area contributed by atoms with Gasteiger partial charge in [-0.25, -0.2) is 0 Å². The van der Waals surface area contributed by atoms with Gasteiger partial charge in [0.2, 0.25) is 0 Å². The van der Waals surface area contributed by atoms with E-state index < -0.39 is 42.1 Å². The highest BCUT2D eigenvalue weighted by Gasteiger charge is 2.51. The number of ketones is 1. The van der Waals surface area contributed by atoms with Gasteiger partial charge in [0.1, 0.15) is 59.9 Å². The Morgan fingerprint density at radius 3 is 1.43 bits per heavy atom. The Hall–Kier alpha value is -5.81. The second-order valence-corrected chi connectivity index (χ2v) is 14.2. The van der Waals surface area contributed by atoms with Gasteiger partial charge in [0.05, 0.1) is 38.6 Å². The van der Waals surface area contributed by atoms with Crippen LogP contribution in [0.4, 0.5) is 0 Å². The molecule has 1 heterocycles. The third kappa shape index (κ3) is 10.4. The highest BCUT2D eigenvalue weighted by Crippen LogP contribution is 2.48. The molecule has 0 unspecified atom stereocenters. The van der Waals surface area contributed by atoms with Crippen LogP contribution in [0.5, 0.6) is 17.2 Å². The van der Waals surface area contributed by atoms with Crippen LogP contribution < -0.4 is 4.74 Å². The molecule has 0 aromatic heterocycles. The van der Waals surface area contributed by atoms with E-state index in [4.69, 9.17) is 28.4 Å². The van der Waals surface area contributed by atoms with Crippen molar-refractivity contribution in [3.05, 3.63) is 197 Å². The molecule has 298 valence electrons. The first-order valence-corrected chi connectivity index (χ1v) is 19.4. The van der Waals surface area contributed by atoms with Crippen LogP contribution in [-0.2, 0) is 56.7 Å². The summed E-state index contributed by atoms with van der Waals surface area (Å²) in [5.74, 6) is -1.22. The number of carbonyl (C=O) groups excluding carboxylic acids is 1. The van der Waals surface area contributed by atoms with Crippen molar-refractivity contribution in [3.63, 3.8) is 0 Å². The molecule has 0 radical (unpaired) electrons. The lowest BCUT2D eigenvalue weighted by atomic mass is 9.88. The average Bonchev–Trinajstić information content (AvgIpc) is 3.25. The normalized spacial score (nSPS) is 19.1. The molecule has 2 N–H and O–H groups in total. The first-order valence-electron chi connectivity index (χ1n) is 19.4.